The lowest BCUT2D eigenvalue weighted by molar-refractivity contribution is -0.127. The molecule has 1 fully saturated rings. The fourth-order valence-electron chi connectivity index (χ4n) is 3.14. The van der Waals surface area contributed by atoms with E-state index in [0.717, 1.165) is 31.2 Å². The van der Waals surface area contributed by atoms with E-state index in [1.807, 2.05) is 25.1 Å². The van der Waals surface area contributed by atoms with Gasteiger partial charge in [-0.05, 0) is 25.3 Å². The van der Waals surface area contributed by atoms with Crippen LogP contribution in [0.1, 0.15) is 38.2 Å². The van der Waals surface area contributed by atoms with Crippen LogP contribution in [0.3, 0.4) is 0 Å². The third kappa shape index (κ3) is 5.32. The zero-order chi connectivity index (χ0) is 16.9. The highest BCUT2D eigenvalue weighted by atomic mass is 32.2. The Hall–Kier alpha value is -1.40. The average Bonchev–Trinajstić information content (AvgIpc) is 2.47. The molecule has 1 aromatic carbocycles. The Balaban J connectivity index is 1.83. The summed E-state index contributed by atoms with van der Waals surface area (Å²) in [7, 11) is -3.24. The number of carbonyl (C=O) groups is 1. The van der Waals surface area contributed by atoms with Crippen molar-refractivity contribution < 1.29 is 13.2 Å². The van der Waals surface area contributed by atoms with E-state index in [9.17, 15) is 13.2 Å². The molecule has 0 aromatic heterocycles. The van der Waals surface area contributed by atoms with E-state index in [4.69, 9.17) is 5.73 Å². The molecule has 0 radical (unpaired) electrons. The van der Waals surface area contributed by atoms with Gasteiger partial charge in [-0.3, -0.25) is 4.79 Å². The molecule has 0 saturated heterocycles. The van der Waals surface area contributed by atoms with Gasteiger partial charge < -0.3 is 11.1 Å². The van der Waals surface area contributed by atoms with Crippen molar-refractivity contribution in [3.05, 3.63) is 35.9 Å². The van der Waals surface area contributed by atoms with Gasteiger partial charge in [0.2, 0.25) is 5.91 Å². The van der Waals surface area contributed by atoms with Crippen molar-refractivity contribution >= 4 is 15.7 Å². The van der Waals surface area contributed by atoms with Gasteiger partial charge in [-0.1, -0.05) is 43.2 Å². The molecule has 0 heterocycles. The summed E-state index contributed by atoms with van der Waals surface area (Å²) in [5.41, 5.74) is 6.47. The van der Waals surface area contributed by atoms with E-state index >= 15 is 0 Å². The fraction of sp³-hybridized carbons (Fsp3) is 0.588. The molecule has 1 aromatic rings. The number of hydrogen-bond donors (Lipinski definition) is 2. The monoisotopic (exact) mass is 338 g/mol. The summed E-state index contributed by atoms with van der Waals surface area (Å²) < 4.78 is 24.2. The fourth-order valence-corrected chi connectivity index (χ4v) is 4.40. The highest BCUT2D eigenvalue weighted by Gasteiger charge is 2.37. The molecule has 1 aliphatic rings. The molecule has 0 bridgehead atoms. The molecule has 128 valence electrons. The molecule has 0 aliphatic heterocycles. The van der Waals surface area contributed by atoms with Crippen LogP contribution >= 0.6 is 0 Å². The minimum Gasteiger partial charge on any atom is -0.355 e. The molecule has 2 rings (SSSR count). The van der Waals surface area contributed by atoms with Crippen molar-refractivity contribution in [3.63, 3.8) is 0 Å². The van der Waals surface area contributed by atoms with Gasteiger partial charge in [0, 0.05) is 12.1 Å². The number of carbonyl (C=O) groups excluding carboxylic acids is 1. The predicted molar refractivity (Wildman–Crippen MR) is 91.5 cm³/mol. The van der Waals surface area contributed by atoms with Crippen LogP contribution in [0.25, 0.3) is 0 Å². The van der Waals surface area contributed by atoms with Crippen LogP contribution in [-0.4, -0.2) is 32.2 Å². The molecule has 1 saturated carbocycles. The molecule has 1 aliphatic carbocycles. The number of hydrogen-bond acceptors (Lipinski definition) is 4. The van der Waals surface area contributed by atoms with E-state index in [0.29, 0.717) is 0 Å². The van der Waals surface area contributed by atoms with E-state index in [1.54, 1.807) is 12.1 Å². The van der Waals surface area contributed by atoms with Crippen LogP contribution in [0, 0.1) is 5.92 Å². The second kappa shape index (κ2) is 7.45. The Bertz CT molecular complexity index is 626. The SMILES string of the molecule is CC1(N)CCCCC1C(=O)NCCS(=O)(=O)Cc1ccccc1. The van der Waals surface area contributed by atoms with Gasteiger partial charge in [0.1, 0.15) is 0 Å². The van der Waals surface area contributed by atoms with Crippen LogP contribution in [0.5, 0.6) is 0 Å². The number of nitrogens with one attached hydrogen (secondary N) is 1. The molecular weight excluding hydrogens is 312 g/mol. The van der Waals surface area contributed by atoms with E-state index in [2.05, 4.69) is 5.32 Å². The van der Waals surface area contributed by atoms with Crippen molar-refractivity contribution in [3.8, 4) is 0 Å². The zero-order valence-electron chi connectivity index (χ0n) is 13.6. The van der Waals surface area contributed by atoms with E-state index < -0.39 is 15.4 Å². The average molecular weight is 338 g/mol. The number of sulfone groups is 1. The number of amides is 1. The lowest BCUT2D eigenvalue weighted by Gasteiger charge is -2.37. The summed E-state index contributed by atoms with van der Waals surface area (Å²) in [5, 5.41) is 2.75. The first-order valence-corrected chi connectivity index (χ1v) is 9.93. The van der Waals surface area contributed by atoms with Crippen LogP contribution in [0.2, 0.25) is 0 Å². The van der Waals surface area contributed by atoms with Crippen LogP contribution in [0.4, 0.5) is 0 Å². The predicted octanol–water partition coefficient (Wildman–Crippen LogP) is 1.63. The number of nitrogens with two attached hydrogens (primary N) is 1. The smallest absolute Gasteiger partial charge is 0.224 e. The Labute approximate surface area is 138 Å². The molecular formula is C17H26N2O3S. The Kier molecular flexibility index (Phi) is 5.81. The third-order valence-corrected chi connectivity index (χ3v) is 6.11. The maximum atomic E-state index is 12.3. The molecule has 5 nitrogen and oxygen atoms in total. The molecule has 3 N–H and O–H groups in total. The van der Waals surface area contributed by atoms with Gasteiger partial charge in [0.15, 0.2) is 9.84 Å². The molecule has 2 unspecified atom stereocenters. The molecule has 1 amide bonds. The Morgan fingerprint density at radius 1 is 1.30 bits per heavy atom. The van der Waals surface area contributed by atoms with Gasteiger partial charge in [-0.15, -0.1) is 0 Å². The van der Waals surface area contributed by atoms with Crippen LogP contribution < -0.4 is 11.1 Å². The summed E-state index contributed by atoms with van der Waals surface area (Å²) in [6, 6.07) is 9.07. The summed E-state index contributed by atoms with van der Waals surface area (Å²) in [5.74, 6) is -0.402. The highest BCUT2D eigenvalue weighted by Crippen LogP contribution is 2.31. The standard InChI is InChI=1S/C17H26N2O3S/c1-17(18)10-6-5-9-15(17)16(20)19-11-12-23(21,22)13-14-7-3-2-4-8-14/h2-4,7-8,15H,5-6,9-13,18H2,1H3,(H,19,20). The van der Waals surface area contributed by atoms with Crippen LogP contribution in [-0.2, 0) is 20.4 Å². The van der Waals surface area contributed by atoms with Gasteiger partial charge in [0.05, 0.1) is 17.4 Å². The second-order valence-corrected chi connectivity index (χ2v) is 8.86. The van der Waals surface area contributed by atoms with Crippen molar-refractivity contribution in [2.75, 3.05) is 12.3 Å². The molecule has 6 heteroatoms. The van der Waals surface area contributed by atoms with E-state index in [-0.39, 0.29) is 29.9 Å². The molecule has 0 spiro atoms. The second-order valence-electron chi connectivity index (χ2n) is 6.67. The number of rotatable bonds is 6. The summed E-state index contributed by atoms with van der Waals surface area (Å²) in [6.07, 6.45) is 3.65. The third-order valence-electron chi connectivity index (χ3n) is 4.51. The summed E-state index contributed by atoms with van der Waals surface area (Å²) in [4.78, 5) is 12.3. The largest absolute Gasteiger partial charge is 0.355 e. The van der Waals surface area contributed by atoms with Gasteiger partial charge in [-0.2, -0.15) is 0 Å². The molecule has 23 heavy (non-hydrogen) atoms. The first kappa shape index (κ1) is 17.9. The number of benzene rings is 1. The molecule has 2 atom stereocenters. The first-order chi connectivity index (χ1) is 10.8. The van der Waals surface area contributed by atoms with Gasteiger partial charge in [0.25, 0.3) is 0 Å². The Morgan fingerprint density at radius 2 is 2.00 bits per heavy atom. The van der Waals surface area contributed by atoms with E-state index in [1.165, 1.54) is 0 Å². The normalized spacial score (nSPS) is 25.0. The quantitative estimate of drug-likeness (QED) is 0.825. The summed E-state index contributed by atoms with van der Waals surface area (Å²) in [6.45, 7) is 2.04. The maximum Gasteiger partial charge on any atom is 0.224 e. The topological polar surface area (TPSA) is 89.3 Å². The van der Waals surface area contributed by atoms with Gasteiger partial charge >= 0.3 is 0 Å². The van der Waals surface area contributed by atoms with Gasteiger partial charge in [-0.25, -0.2) is 8.42 Å². The van der Waals surface area contributed by atoms with Crippen LogP contribution in [0.15, 0.2) is 30.3 Å². The van der Waals surface area contributed by atoms with Crippen molar-refractivity contribution in [1.29, 1.82) is 0 Å². The minimum absolute atomic E-state index is 0.00173. The zero-order valence-corrected chi connectivity index (χ0v) is 14.4. The minimum atomic E-state index is -3.24. The first-order valence-electron chi connectivity index (χ1n) is 8.11. The highest BCUT2D eigenvalue weighted by molar-refractivity contribution is 7.90. The van der Waals surface area contributed by atoms with Crippen molar-refractivity contribution in [2.45, 2.75) is 43.9 Å². The maximum absolute atomic E-state index is 12.3. The lowest BCUT2D eigenvalue weighted by atomic mass is 9.74. The van der Waals surface area contributed by atoms with Crippen molar-refractivity contribution in [2.24, 2.45) is 11.7 Å². The Morgan fingerprint density at radius 3 is 2.65 bits per heavy atom. The lowest BCUT2D eigenvalue weighted by Crippen LogP contribution is -2.53. The summed E-state index contributed by atoms with van der Waals surface area (Å²) >= 11 is 0. The van der Waals surface area contributed by atoms with Crippen molar-refractivity contribution in [1.82, 2.24) is 5.32 Å².